The number of rotatable bonds is 4. The van der Waals surface area contributed by atoms with Gasteiger partial charge < -0.3 is 5.32 Å². The Hall–Kier alpha value is -2.95. The van der Waals surface area contributed by atoms with Crippen LogP contribution in [0.25, 0.3) is 11.1 Å². The van der Waals surface area contributed by atoms with E-state index in [1.54, 1.807) is 18.6 Å². The smallest absolute Gasteiger partial charge is 0.251 e. The second-order valence-electron chi connectivity index (χ2n) is 4.60. The summed E-state index contributed by atoms with van der Waals surface area (Å²) in [5, 5.41) is 9.56. The summed E-state index contributed by atoms with van der Waals surface area (Å²) in [4.78, 5) is 16.0. The Bertz CT molecular complexity index is 706. The molecule has 2 N–H and O–H groups in total. The molecule has 0 aliphatic rings. The number of pyridine rings is 1. The van der Waals surface area contributed by atoms with Gasteiger partial charge in [0.2, 0.25) is 0 Å². The van der Waals surface area contributed by atoms with Crippen molar-refractivity contribution in [3.63, 3.8) is 0 Å². The zero-order chi connectivity index (χ0) is 14.5. The van der Waals surface area contributed by atoms with Crippen LogP contribution < -0.4 is 5.32 Å². The number of aromatic nitrogens is 3. The summed E-state index contributed by atoms with van der Waals surface area (Å²) < 4.78 is 0. The molecule has 0 radical (unpaired) electrons. The molecule has 5 heteroatoms. The molecule has 0 spiro atoms. The molecule has 0 atom stereocenters. The lowest BCUT2D eigenvalue weighted by molar-refractivity contribution is 0.0951. The first-order valence-corrected chi connectivity index (χ1v) is 6.59. The Labute approximate surface area is 122 Å². The Balaban J connectivity index is 1.65. The molecular weight excluding hydrogens is 264 g/mol. The number of carbonyl (C=O) groups is 1. The highest BCUT2D eigenvalue weighted by Gasteiger charge is 2.06. The van der Waals surface area contributed by atoms with E-state index in [0.717, 1.165) is 16.7 Å². The molecule has 0 saturated heterocycles. The van der Waals surface area contributed by atoms with Gasteiger partial charge in [0.15, 0.2) is 0 Å². The largest absolute Gasteiger partial charge is 0.348 e. The van der Waals surface area contributed by atoms with Crippen LogP contribution in [0.3, 0.4) is 0 Å². The number of aromatic amines is 1. The average molecular weight is 278 g/mol. The number of amides is 1. The highest BCUT2D eigenvalue weighted by molar-refractivity contribution is 5.94. The van der Waals surface area contributed by atoms with E-state index in [1.807, 2.05) is 42.6 Å². The van der Waals surface area contributed by atoms with E-state index in [-0.39, 0.29) is 5.91 Å². The van der Waals surface area contributed by atoms with E-state index in [4.69, 9.17) is 0 Å². The van der Waals surface area contributed by atoms with Crippen LogP contribution >= 0.6 is 0 Å². The van der Waals surface area contributed by atoms with Crippen molar-refractivity contribution in [2.75, 3.05) is 0 Å². The van der Waals surface area contributed by atoms with Crippen molar-refractivity contribution < 1.29 is 4.79 Å². The van der Waals surface area contributed by atoms with Crippen LogP contribution in [0.15, 0.2) is 61.2 Å². The number of benzene rings is 1. The first-order chi connectivity index (χ1) is 10.3. The number of nitrogens with zero attached hydrogens (tertiary/aromatic N) is 2. The summed E-state index contributed by atoms with van der Waals surface area (Å²) in [6.45, 7) is 0.491. The van der Waals surface area contributed by atoms with Gasteiger partial charge >= 0.3 is 0 Å². The molecule has 2 aromatic heterocycles. The van der Waals surface area contributed by atoms with Crippen molar-refractivity contribution >= 4 is 5.91 Å². The average Bonchev–Trinajstić information content (AvgIpc) is 3.08. The van der Waals surface area contributed by atoms with Gasteiger partial charge in [0.25, 0.3) is 5.91 Å². The summed E-state index contributed by atoms with van der Waals surface area (Å²) >= 11 is 0. The maximum Gasteiger partial charge on any atom is 0.251 e. The fraction of sp³-hybridized carbons (Fsp3) is 0.0625. The maximum absolute atomic E-state index is 12.1. The summed E-state index contributed by atoms with van der Waals surface area (Å²) in [7, 11) is 0. The predicted octanol–water partition coefficient (Wildman–Crippen LogP) is 2.40. The molecule has 0 saturated carbocycles. The Morgan fingerprint density at radius 3 is 2.48 bits per heavy atom. The van der Waals surface area contributed by atoms with E-state index < -0.39 is 0 Å². The molecule has 0 fully saturated rings. The fourth-order valence-electron chi connectivity index (χ4n) is 2.01. The minimum Gasteiger partial charge on any atom is -0.348 e. The topological polar surface area (TPSA) is 70.7 Å². The first-order valence-electron chi connectivity index (χ1n) is 6.59. The summed E-state index contributed by atoms with van der Waals surface area (Å²) in [5.74, 6) is -0.0921. The molecule has 1 aromatic carbocycles. The van der Waals surface area contributed by atoms with Crippen molar-refractivity contribution in [2.24, 2.45) is 0 Å². The second kappa shape index (κ2) is 6.00. The monoisotopic (exact) mass is 278 g/mol. The lowest BCUT2D eigenvalue weighted by Gasteiger charge is -2.06. The molecule has 104 valence electrons. The van der Waals surface area contributed by atoms with Crippen LogP contribution in [0.4, 0.5) is 0 Å². The zero-order valence-electron chi connectivity index (χ0n) is 11.3. The Morgan fingerprint density at radius 1 is 1.05 bits per heavy atom. The Kier molecular flexibility index (Phi) is 3.73. The molecule has 3 aromatic rings. The molecular formula is C16H14N4O. The van der Waals surface area contributed by atoms with E-state index in [1.165, 1.54) is 0 Å². The quantitative estimate of drug-likeness (QED) is 0.770. The fourth-order valence-corrected chi connectivity index (χ4v) is 2.01. The molecule has 1 amide bonds. The van der Waals surface area contributed by atoms with Gasteiger partial charge in [-0.05, 0) is 35.4 Å². The van der Waals surface area contributed by atoms with E-state index in [2.05, 4.69) is 20.5 Å². The maximum atomic E-state index is 12.1. The second-order valence-corrected chi connectivity index (χ2v) is 4.60. The molecule has 5 nitrogen and oxygen atoms in total. The lowest BCUT2D eigenvalue weighted by atomic mass is 10.1. The minimum absolute atomic E-state index is 0.0921. The molecule has 2 heterocycles. The van der Waals surface area contributed by atoms with E-state index in [0.29, 0.717) is 12.1 Å². The van der Waals surface area contributed by atoms with Crippen LogP contribution in [-0.4, -0.2) is 21.1 Å². The third kappa shape index (κ3) is 3.14. The van der Waals surface area contributed by atoms with Crippen LogP contribution in [0.1, 0.15) is 15.9 Å². The van der Waals surface area contributed by atoms with Gasteiger partial charge in [0, 0.05) is 36.3 Å². The third-order valence-corrected chi connectivity index (χ3v) is 3.18. The third-order valence-electron chi connectivity index (χ3n) is 3.18. The van der Waals surface area contributed by atoms with Crippen LogP contribution in [0.5, 0.6) is 0 Å². The number of carbonyl (C=O) groups excluding carboxylic acids is 1. The van der Waals surface area contributed by atoms with Crippen LogP contribution in [0, 0.1) is 0 Å². The van der Waals surface area contributed by atoms with Crippen molar-refractivity contribution in [1.82, 2.24) is 20.5 Å². The Morgan fingerprint density at radius 2 is 1.81 bits per heavy atom. The van der Waals surface area contributed by atoms with Gasteiger partial charge in [-0.1, -0.05) is 12.1 Å². The van der Waals surface area contributed by atoms with E-state index >= 15 is 0 Å². The van der Waals surface area contributed by atoms with Gasteiger partial charge in [-0.2, -0.15) is 5.10 Å². The zero-order valence-corrected chi connectivity index (χ0v) is 11.3. The number of hydrogen-bond acceptors (Lipinski definition) is 3. The van der Waals surface area contributed by atoms with Crippen LogP contribution in [-0.2, 0) is 6.54 Å². The summed E-state index contributed by atoms with van der Waals surface area (Å²) in [6, 6.07) is 11.2. The summed E-state index contributed by atoms with van der Waals surface area (Å²) in [6.07, 6.45) is 6.99. The normalized spacial score (nSPS) is 10.3. The van der Waals surface area contributed by atoms with Gasteiger partial charge in [-0.15, -0.1) is 0 Å². The van der Waals surface area contributed by atoms with Gasteiger partial charge in [0.05, 0.1) is 6.20 Å². The minimum atomic E-state index is -0.0921. The van der Waals surface area contributed by atoms with Gasteiger partial charge in [-0.25, -0.2) is 0 Å². The summed E-state index contributed by atoms with van der Waals surface area (Å²) in [5.41, 5.74) is 3.68. The highest BCUT2D eigenvalue weighted by atomic mass is 16.1. The first kappa shape index (κ1) is 13.1. The number of hydrogen-bond donors (Lipinski definition) is 2. The van der Waals surface area contributed by atoms with Crippen molar-refractivity contribution in [3.8, 4) is 11.1 Å². The molecule has 0 bridgehead atoms. The van der Waals surface area contributed by atoms with Crippen molar-refractivity contribution in [1.29, 1.82) is 0 Å². The number of nitrogens with one attached hydrogen (secondary N) is 2. The molecule has 0 aliphatic heterocycles. The molecule has 21 heavy (non-hydrogen) atoms. The highest BCUT2D eigenvalue weighted by Crippen LogP contribution is 2.17. The molecule has 3 rings (SSSR count). The van der Waals surface area contributed by atoms with Gasteiger partial charge in [-0.3, -0.25) is 14.9 Å². The van der Waals surface area contributed by atoms with Crippen LogP contribution in [0.2, 0.25) is 0 Å². The van der Waals surface area contributed by atoms with Crippen molar-refractivity contribution in [2.45, 2.75) is 6.54 Å². The standard InChI is InChI=1S/C16H14N4O/c21-16(18-9-12-5-7-17-8-6-12)14-3-1-13(2-4-14)15-10-19-20-11-15/h1-8,10-11H,9H2,(H,18,21)(H,19,20). The number of H-pyrrole nitrogens is 1. The lowest BCUT2D eigenvalue weighted by Crippen LogP contribution is -2.22. The van der Waals surface area contributed by atoms with Crippen molar-refractivity contribution in [3.05, 3.63) is 72.3 Å². The van der Waals surface area contributed by atoms with E-state index in [9.17, 15) is 4.79 Å². The van der Waals surface area contributed by atoms with Gasteiger partial charge in [0.1, 0.15) is 0 Å². The molecule has 0 unspecified atom stereocenters. The SMILES string of the molecule is O=C(NCc1ccncc1)c1ccc(-c2cn[nH]c2)cc1. The molecule has 0 aliphatic carbocycles. The predicted molar refractivity (Wildman–Crippen MR) is 79.4 cm³/mol.